The quantitative estimate of drug-likeness (QED) is 0.648. The first-order chi connectivity index (χ1) is 12.3. The maximum Gasteiger partial charge on any atom is 0.325 e. The Kier molecular flexibility index (Phi) is 3.73. The van der Waals surface area contributed by atoms with Gasteiger partial charge >= 0.3 is 5.97 Å². The van der Waals surface area contributed by atoms with Gasteiger partial charge in [0, 0.05) is 0 Å². The maximum absolute atomic E-state index is 13.0. The van der Waals surface area contributed by atoms with Gasteiger partial charge in [-0.3, -0.25) is 4.79 Å². The number of carbonyl (C=O) groups excluding carboxylic acids is 1. The first kappa shape index (κ1) is 15.4. The van der Waals surface area contributed by atoms with E-state index in [9.17, 15) is 4.79 Å². The van der Waals surface area contributed by atoms with Gasteiger partial charge in [0.15, 0.2) is 0 Å². The van der Waals surface area contributed by atoms with Crippen molar-refractivity contribution in [1.29, 1.82) is 0 Å². The van der Waals surface area contributed by atoms with Gasteiger partial charge in [-0.15, -0.1) is 0 Å². The van der Waals surface area contributed by atoms with Crippen LogP contribution in [-0.4, -0.2) is 13.1 Å². The van der Waals surface area contributed by atoms with Crippen LogP contribution in [0.2, 0.25) is 0 Å². The third kappa shape index (κ3) is 2.30. The smallest absolute Gasteiger partial charge is 0.325 e. The average molecular weight is 326 g/mol. The number of esters is 1. The molecule has 3 aromatic rings. The van der Waals surface area contributed by atoms with Gasteiger partial charge in [-0.2, -0.15) is 0 Å². The minimum Gasteiger partial charge on any atom is -0.468 e. The second-order valence-corrected chi connectivity index (χ2v) is 6.09. The fraction of sp³-hybridized carbons (Fsp3) is 0.0870. The van der Waals surface area contributed by atoms with Crippen LogP contribution in [0.3, 0.4) is 0 Å². The minimum atomic E-state index is -0.835. The predicted molar refractivity (Wildman–Crippen MR) is 99.8 cm³/mol. The molecule has 1 aliphatic rings. The molecule has 0 spiro atoms. The summed E-state index contributed by atoms with van der Waals surface area (Å²) in [5, 5.41) is 0. The van der Waals surface area contributed by atoms with Crippen LogP contribution in [0.4, 0.5) is 0 Å². The Labute approximate surface area is 147 Å². The molecule has 3 aromatic carbocycles. The molecule has 1 aliphatic carbocycles. The zero-order chi connectivity index (χ0) is 17.3. The van der Waals surface area contributed by atoms with E-state index in [4.69, 9.17) is 4.74 Å². The molecule has 122 valence electrons. The van der Waals surface area contributed by atoms with Crippen molar-refractivity contribution >= 4 is 17.1 Å². The molecule has 0 unspecified atom stereocenters. The SMILES string of the molecule is COC(=O)C1(c2ccccc2)C(c2ccccc2)=C1c1ccccc1. The van der Waals surface area contributed by atoms with E-state index in [2.05, 4.69) is 0 Å². The number of hydrogen-bond acceptors (Lipinski definition) is 2. The summed E-state index contributed by atoms with van der Waals surface area (Å²) in [6, 6.07) is 30.0. The summed E-state index contributed by atoms with van der Waals surface area (Å²) >= 11 is 0. The Morgan fingerprint density at radius 3 is 1.48 bits per heavy atom. The number of benzene rings is 3. The highest BCUT2D eigenvalue weighted by Gasteiger charge is 2.62. The van der Waals surface area contributed by atoms with Gasteiger partial charge in [-0.05, 0) is 27.8 Å². The second-order valence-electron chi connectivity index (χ2n) is 6.09. The Bertz CT molecular complexity index is 876. The van der Waals surface area contributed by atoms with Gasteiger partial charge in [0.05, 0.1) is 7.11 Å². The van der Waals surface area contributed by atoms with Gasteiger partial charge < -0.3 is 4.74 Å². The van der Waals surface area contributed by atoms with E-state index < -0.39 is 5.41 Å². The zero-order valence-corrected chi connectivity index (χ0v) is 14.0. The minimum absolute atomic E-state index is 0.239. The first-order valence-electron chi connectivity index (χ1n) is 8.30. The van der Waals surface area contributed by atoms with Crippen LogP contribution in [-0.2, 0) is 14.9 Å². The van der Waals surface area contributed by atoms with Gasteiger partial charge in [0.2, 0.25) is 0 Å². The van der Waals surface area contributed by atoms with Crippen LogP contribution in [0, 0.1) is 0 Å². The monoisotopic (exact) mass is 326 g/mol. The highest BCUT2D eigenvalue weighted by atomic mass is 16.5. The number of carbonyl (C=O) groups is 1. The second kappa shape index (κ2) is 6.06. The molecule has 0 saturated carbocycles. The van der Waals surface area contributed by atoms with E-state index >= 15 is 0 Å². The molecule has 2 nitrogen and oxygen atoms in total. The molecule has 0 aromatic heterocycles. The summed E-state index contributed by atoms with van der Waals surface area (Å²) in [5.74, 6) is -0.239. The van der Waals surface area contributed by atoms with Crippen molar-refractivity contribution in [1.82, 2.24) is 0 Å². The van der Waals surface area contributed by atoms with E-state index in [1.807, 2.05) is 91.0 Å². The average Bonchev–Trinajstić information content (AvgIpc) is 3.41. The third-order valence-electron chi connectivity index (χ3n) is 4.76. The fourth-order valence-corrected chi connectivity index (χ4v) is 3.66. The molecular formula is C23H18O2. The first-order valence-corrected chi connectivity index (χ1v) is 8.30. The Morgan fingerprint density at radius 1 is 0.680 bits per heavy atom. The van der Waals surface area contributed by atoms with Crippen LogP contribution in [0.5, 0.6) is 0 Å². The molecule has 0 radical (unpaired) electrons. The lowest BCUT2D eigenvalue weighted by atomic mass is 9.85. The Balaban J connectivity index is 1.97. The summed E-state index contributed by atoms with van der Waals surface area (Å²) in [4.78, 5) is 13.0. The van der Waals surface area contributed by atoms with Gasteiger partial charge in [0.25, 0.3) is 0 Å². The Morgan fingerprint density at radius 2 is 1.08 bits per heavy atom. The normalized spacial score (nSPS) is 14.9. The van der Waals surface area contributed by atoms with Crippen LogP contribution in [0.1, 0.15) is 16.7 Å². The molecule has 0 saturated heterocycles. The van der Waals surface area contributed by atoms with Crippen molar-refractivity contribution < 1.29 is 9.53 Å². The third-order valence-corrected chi connectivity index (χ3v) is 4.76. The van der Waals surface area contributed by atoms with Crippen molar-refractivity contribution in [3.8, 4) is 0 Å². The van der Waals surface area contributed by atoms with Crippen LogP contribution in [0.25, 0.3) is 11.1 Å². The van der Waals surface area contributed by atoms with E-state index in [1.54, 1.807) is 0 Å². The molecule has 0 atom stereocenters. The highest BCUT2D eigenvalue weighted by molar-refractivity contribution is 6.31. The number of hydrogen-bond donors (Lipinski definition) is 0. The maximum atomic E-state index is 13.0. The molecule has 25 heavy (non-hydrogen) atoms. The van der Waals surface area contributed by atoms with Crippen LogP contribution >= 0.6 is 0 Å². The van der Waals surface area contributed by atoms with Crippen LogP contribution in [0.15, 0.2) is 91.0 Å². The molecule has 2 heteroatoms. The lowest BCUT2D eigenvalue weighted by molar-refractivity contribution is -0.142. The molecule has 4 rings (SSSR count). The molecule has 0 aliphatic heterocycles. The molecule has 0 amide bonds. The fourth-order valence-electron chi connectivity index (χ4n) is 3.66. The van der Waals surface area contributed by atoms with Crippen molar-refractivity contribution in [2.75, 3.05) is 7.11 Å². The standard InChI is InChI=1S/C23H18O2/c1-25-22(24)23(19-15-9-4-10-16-19)20(17-11-5-2-6-12-17)21(23)18-13-7-3-8-14-18/h2-16H,1H3. The molecule has 0 N–H and O–H groups in total. The molecule has 0 fully saturated rings. The number of methoxy groups -OCH3 is 1. The molecule has 0 bridgehead atoms. The molecule has 0 heterocycles. The summed E-state index contributed by atoms with van der Waals surface area (Å²) in [5.41, 5.74) is 4.26. The summed E-state index contributed by atoms with van der Waals surface area (Å²) in [7, 11) is 1.45. The van der Waals surface area contributed by atoms with Crippen molar-refractivity contribution in [3.63, 3.8) is 0 Å². The van der Waals surface area contributed by atoms with Crippen molar-refractivity contribution in [2.24, 2.45) is 0 Å². The Hall–Kier alpha value is -3.13. The van der Waals surface area contributed by atoms with E-state index in [0.717, 1.165) is 27.8 Å². The van der Waals surface area contributed by atoms with Gasteiger partial charge in [-0.1, -0.05) is 91.0 Å². The highest BCUT2D eigenvalue weighted by Crippen LogP contribution is 2.64. The summed E-state index contributed by atoms with van der Waals surface area (Å²) in [6.45, 7) is 0. The van der Waals surface area contributed by atoms with E-state index in [0.29, 0.717) is 0 Å². The lowest BCUT2D eigenvalue weighted by Crippen LogP contribution is -2.27. The van der Waals surface area contributed by atoms with Crippen LogP contribution < -0.4 is 0 Å². The van der Waals surface area contributed by atoms with Gasteiger partial charge in [-0.25, -0.2) is 0 Å². The zero-order valence-electron chi connectivity index (χ0n) is 14.0. The molecular weight excluding hydrogens is 308 g/mol. The van der Waals surface area contributed by atoms with E-state index in [1.165, 1.54) is 7.11 Å². The van der Waals surface area contributed by atoms with E-state index in [-0.39, 0.29) is 5.97 Å². The predicted octanol–water partition coefficient (Wildman–Crippen LogP) is 4.72. The largest absolute Gasteiger partial charge is 0.468 e. The number of ether oxygens (including phenoxy) is 1. The summed E-state index contributed by atoms with van der Waals surface area (Å²) < 4.78 is 5.25. The summed E-state index contributed by atoms with van der Waals surface area (Å²) in [6.07, 6.45) is 0. The van der Waals surface area contributed by atoms with Gasteiger partial charge in [0.1, 0.15) is 5.41 Å². The number of rotatable bonds is 4. The lowest BCUT2D eigenvalue weighted by Gasteiger charge is -2.19. The van der Waals surface area contributed by atoms with Crippen molar-refractivity contribution in [3.05, 3.63) is 108 Å². The van der Waals surface area contributed by atoms with Crippen molar-refractivity contribution in [2.45, 2.75) is 5.41 Å². The topological polar surface area (TPSA) is 26.3 Å².